The molecule has 0 aliphatic rings. The van der Waals surface area contributed by atoms with Crippen LogP contribution < -0.4 is 10.1 Å². The molecule has 106 valence electrons. The van der Waals surface area contributed by atoms with Crippen LogP contribution in [-0.4, -0.2) is 30.8 Å². The number of ether oxygens (including phenoxy) is 1. The standard InChI is InChI=1S/C14H20FNO3/c1-9(8-17)10(2)16-14(18)7-11-4-5-13(19-3)12(15)6-11/h4-6,9-10,17H,7-8H2,1-3H3,(H,16,18). The van der Waals surface area contributed by atoms with Gasteiger partial charge in [0.15, 0.2) is 11.6 Å². The van der Waals surface area contributed by atoms with E-state index in [0.29, 0.717) is 5.56 Å². The molecular weight excluding hydrogens is 249 g/mol. The highest BCUT2D eigenvalue weighted by Gasteiger charge is 2.14. The molecule has 0 radical (unpaired) electrons. The molecule has 0 aliphatic carbocycles. The zero-order chi connectivity index (χ0) is 14.4. The zero-order valence-corrected chi connectivity index (χ0v) is 11.4. The Morgan fingerprint density at radius 2 is 2.16 bits per heavy atom. The molecule has 0 spiro atoms. The summed E-state index contributed by atoms with van der Waals surface area (Å²) in [4.78, 5) is 11.8. The third-order valence-electron chi connectivity index (χ3n) is 3.11. The van der Waals surface area contributed by atoms with Gasteiger partial charge in [0, 0.05) is 12.6 Å². The fourth-order valence-corrected chi connectivity index (χ4v) is 1.61. The number of aliphatic hydroxyl groups is 1. The molecule has 1 amide bonds. The third-order valence-corrected chi connectivity index (χ3v) is 3.11. The van der Waals surface area contributed by atoms with Gasteiger partial charge in [-0.3, -0.25) is 4.79 Å². The van der Waals surface area contributed by atoms with Crippen LogP contribution >= 0.6 is 0 Å². The van der Waals surface area contributed by atoms with E-state index in [0.717, 1.165) is 0 Å². The molecule has 0 heterocycles. The Kier molecular flexibility index (Phi) is 5.76. The summed E-state index contributed by atoms with van der Waals surface area (Å²) in [6, 6.07) is 4.32. The van der Waals surface area contributed by atoms with Crippen molar-refractivity contribution in [3.05, 3.63) is 29.6 Å². The number of hydrogen-bond acceptors (Lipinski definition) is 3. The van der Waals surface area contributed by atoms with Crippen molar-refractivity contribution in [3.63, 3.8) is 0 Å². The van der Waals surface area contributed by atoms with Gasteiger partial charge in [0.25, 0.3) is 0 Å². The molecule has 0 saturated heterocycles. The first-order valence-electron chi connectivity index (χ1n) is 6.20. The summed E-state index contributed by atoms with van der Waals surface area (Å²) in [5.41, 5.74) is 0.583. The molecule has 2 unspecified atom stereocenters. The van der Waals surface area contributed by atoms with Crippen molar-refractivity contribution in [1.82, 2.24) is 5.32 Å². The van der Waals surface area contributed by atoms with Gasteiger partial charge in [-0.1, -0.05) is 13.0 Å². The van der Waals surface area contributed by atoms with Gasteiger partial charge in [0.05, 0.1) is 13.5 Å². The summed E-state index contributed by atoms with van der Waals surface area (Å²) in [7, 11) is 1.39. The normalized spacial score (nSPS) is 13.7. The summed E-state index contributed by atoms with van der Waals surface area (Å²) in [6.07, 6.45) is 0.101. The smallest absolute Gasteiger partial charge is 0.224 e. The molecule has 0 aromatic heterocycles. The lowest BCUT2D eigenvalue weighted by Crippen LogP contribution is -2.39. The van der Waals surface area contributed by atoms with Crippen LogP contribution in [0, 0.1) is 11.7 Å². The first-order chi connectivity index (χ1) is 8.97. The van der Waals surface area contributed by atoms with E-state index in [-0.39, 0.29) is 36.6 Å². The minimum atomic E-state index is -0.482. The number of hydrogen-bond donors (Lipinski definition) is 2. The minimum Gasteiger partial charge on any atom is -0.494 e. The topological polar surface area (TPSA) is 58.6 Å². The molecule has 2 N–H and O–H groups in total. The average molecular weight is 269 g/mol. The van der Waals surface area contributed by atoms with Gasteiger partial charge in [0.1, 0.15) is 0 Å². The van der Waals surface area contributed by atoms with Crippen molar-refractivity contribution in [2.24, 2.45) is 5.92 Å². The summed E-state index contributed by atoms with van der Waals surface area (Å²) in [5.74, 6) is -0.537. The van der Waals surface area contributed by atoms with Crippen LogP contribution in [0.5, 0.6) is 5.75 Å². The second kappa shape index (κ2) is 7.09. The molecule has 1 aromatic carbocycles. The fraction of sp³-hybridized carbons (Fsp3) is 0.500. The second-order valence-corrected chi connectivity index (χ2v) is 4.66. The van der Waals surface area contributed by atoms with Gasteiger partial charge in [-0.2, -0.15) is 0 Å². The monoisotopic (exact) mass is 269 g/mol. The van der Waals surface area contributed by atoms with Gasteiger partial charge >= 0.3 is 0 Å². The van der Waals surface area contributed by atoms with Gasteiger partial charge in [0.2, 0.25) is 5.91 Å². The maximum absolute atomic E-state index is 13.5. The van der Waals surface area contributed by atoms with Crippen molar-refractivity contribution in [2.45, 2.75) is 26.3 Å². The molecule has 1 rings (SSSR count). The van der Waals surface area contributed by atoms with Crippen LogP contribution in [-0.2, 0) is 11.2 Å². The predicted octanol–water partition coefficient (Wildman–Crippen LogP) is 1.51. The van der Waals surface area contributed by atoms with E-state index in [1.165, 1.54) is 19.2 Å². The highest BCUT2D eigenvalue weighted by atomic mass is 19.1. The molecular formula is C14H20FNO3. The Hall–Kier alpha value is -1.62. The highest BCUT2D eigenvalue weighted by molar-refractivity contribution is 5.78. The number of amides is 1. The zero-order valence-electron chi connectivity index (χ0n) is 11.4. The Morgan fingerprint density at radius 1 is 1.47 bits per heavy atom. The molecule has 0 bridgehead atoms. The van der Waals surface area contributed by atoms with Crippen LogP contribution in [0.4, 0.5) is 4.39 Å². The van der Waals surface area contributed by atoms with Crippen LogP contribution in [0.25, 0.3) is 0 Å². The van der Waals surface area contributed by atoms with E-state index in [4.69, 9.17) is 9.84 Å². The van der Waals surface area contributed by atoms with Crippen LogP contribution in [0.2, 0.25) is 0 Å². The maximum atomic E-state index is 13.5. The van der Waals surface area contributed by atoms with Gasteiger partial charge in [-0.25, -0.2) is 4.39 Å². The Morgan fingerprint density at radius 3 is 2.68 bits per heavy atom. The number of halogens is 1. The number of aliphatic hydroxyl groups excluding tert-OH is 1. The molecule has 0 fully saturated rings. The van der Waals surface area contributed by atoms with E-state index in [1.54, 1.807) is 6.07 Å². The Labute approximate surface area is 112 Å². The number of nitrogens with one attached hydrogen (secondary N) is 1. The summed E-state index contributed by atoms with van der Waals surface area (Å²) >= 11 is 0. The average Bonchev–Trinajstić information content (AvgIpc) is 2.37. The molecule has 5 heteroatoms. The maximum Gasteiger partial charge on any atom is 0.224 e. The number of benzene rings is 1. The van der Waals surface area contributed by atoms with Crippen LogP contribution in [0.3, 0.4) is 0 Å². The number of rotatable bonds is 6. The third kappa shape index (κ3) is 4.52. The second-order valence-electron chi connectivity index (χ2n) is 4.66. The Balaban J connectivity index is 2.60. The van der Waals surface area contributed by atoms with E-state index in [2.05, 4.69) is 5.32 Å². The number of methoxy groups -OCH3 is 1. The predicted molar refractivity (Wildman–Crippen MR) is 70.5 cm³/mol. The minimum absolute atomic E-state index is 0.0125. The lowest BCUT2D eigenvalue weighted by molar-refractivity contribution is -0.121. The van der Waals surface area contributed by atoms with Gasteiger partial charge < -0.3 is 15.2 Å². The van der Waals surface area contributed by atoms with Crippen LogP contribution in [0.15, 0.2) is 18.2 Å². The van der Waals surface area contributed by atoms with Crippen molar-refractivity contribution in [3.8, 4) is 5.75 Å². The molecule has 0 aliphatic heterocycles. The van der Waals surface area contributed by atoms with Crippen molar-refractivity contribution in [2.75, 3.05) is 13.7 Å². The molecule has 2 atom stereocenters. The molecule has 1 aromatic rings. The fourth-order valence-electron chi connectivity index (χ4n) is 1.61. The van der Waals surface area contributed by atoms with Crippen LogP contribution in [0.1, 0.15) is 19.4 Å². The lowest BCUT2D eigenvalue weighted by atomic mass is 10.0. The van der Waals surface area contributed by atoms with Crippen molar-refractivity contribution in [1.29, 1.82) is 0 Å². The first-order valence-corrected chi connectivity index (χ1v) is 6.20. The molecule has 4 nitrogen and oxygen atoms in total. The largest absolute Gasteiger partial charge is 0.494 e. The van der Waals surface area contributed by atoms with Crippen molar-refractivity contribution >= 4 is 5.91 Å². The first kappa shape index (κ1) is 15.4. The van der Waals surface area contributed by atoms with E-state index < -0.39 is 5.82 Å². The van der Waals surface area contributed by atoms with Gasteiger partial charge in [-0.05, 0) is 30.5 Å². The van der Waals surface area contributed by atoms with E-state index in [9.17, 15) is 9.18 Å². The highest BCUT2D eigenvalue weighted by Crippen LogP contribution is 2.18. The summed E-state index contributed by atoms with van der Waals surface area (Å²) in [5, 5.41) is 11.8. The molecule has 19 heavy (non-hydrogen) atoms. The summed E-state index contributed by atoms with van der Waals surface area (Å²) < 4.78 is 18.3. The number of carbonyl (C=O) groups excluding carboxylic acids is 1. The quantitative estimate of drug-likeness (QED) is 0.823. The summed E-state index contributed by atoms with van der Waals surface area (Å²) in [6.45, 7) is 3.68. The SMILES string of the molecule is COc1ccc(CC(=O)NC(C)C(C)CO)cc1F. The van der Waals surface area contributed by atoms with E-state index >= 15 is 0 Å². The van der Waals surface area contributed by atoms with E-state index in [1.807, 2.05) is 13.8 Å². The Bertz CT molecular complexity index is 437. The number of carbonyl (C=O) groups is 1. The molecule has 0 saturated carbocycles. The van der Waals surface area contributed by atoms with Gasteiger partial charge in [-0.15, -0.1) is 0 Å². The lowest BCUT2D eigenvalue weighted by Gasteiger charge is -2.19. The van der Waals surface area contributed by atoms with Crippen molar-refractivity contribution < 1.29 is 19.0 Å².